The second-order valence-electron chi connectivity index (χ2n) is 5.82. The van der Waals surface area contributed by atoms with Gasteiger partial charge in [0.2, 0.25) is 0 Å². The molecule has 0 radical (unpaired) electrons. The molecule has 2 N–H and O–H groups in total. The van der Waals surface area contributed by atoms with Crippen LogP contribution >= 0.6 is 0 Å². The Morgan fingerprint density at radius 2 is 2.00 bits per heavy atom. The van der Waals surface area contributed by atoms with Crippen LogP contribution in [0.2, 0.25) is 0 Å². The molecule has 0 aromatic rings. The van der Waals surface area contributed by atoms with E-state index >= 15 is 0 Å². The molecular weight excluding hydrogens is 238 g/mol. The van der Waals surface area contributed by atoms with E-state index in [1.807, 2.05) is 13.8 Å². The molecule has 2 atom stereocenters. The fraction of sp³-hybridized carbons (Fsp3) is 1.00. The number of sulfone groups is 1. The highest BCUT2D eigenvalue weighted by Gasteiger charge is 2.31. The fourth-order valence-corrected chi connectivity index (χ4v) is 3.75. The molecular formula is C12H25NO3S. The van der Waals surface area contributed by atoms with Crippen molar-refractivity contribution in [1.82, 2.24) is 5.32 Å². The molecule has 0 bridgehead atoms. The van der Waals surface area contributed by atoms with Crippen LogP contribution in [0.4, 0.5) is 0 Å². The molecule has 102 valence electrons. The van der Waals surface area contributed by atoms with Crippen molar-refractivity contribution in [3.05, 3.63) is 0 Å². The summed E-state index contributed by atoms with van der Waals surface area (Å²) in [5.41, 5.74) is -0.126. The van der Waals surface area contributed by atoms with E-state index in [9.17, 15) is 8.42 Å². The van der Waals surface area contributed by atoms with Gasteiger partial charge in [-0.15, -0.1) is 0 Å². The monoisotopic (exact) mass is 263 g/mol. The highest BCUT2D eigenvalue weighted by molar-refractivity contribution is 7.91. The molecule has 0 spiro atoms. The summed E-state index contributed by atoms with van der Waals surface area (Å²) in [7, 11) is -2.92. The predicted octanol–water partition coefficient (Wildman–Crippen LogP) is 1.09. The summed E-state index contributed by atoms with van der Waals surface area (Å²) in [4.78, 5) is 0. The first-order valence-electron chi connectivity index (χ1n) is 6.32. The van der Waals surface area contributed by atoms with Gasteiger partial charge in [0.15, 0.2) is 0 Å². The van der Waals surface area contributed by atoms with Gasteiger partial charge >= 0.3 is 0 Å². The van der Waals surface area contributed by atoms with Crippen molar-refractivity contribution in [1.29, 1.82) is 0 Å². The average Bonchev–Trinajstić information content (AvgIpc) is 2.15. The van der Waals surface area contributed by atoms with E-state index in [2.05, 4.69) is 5.32 Å². The third-order valence-electron chi connectivity index (χ3n) is 3.56. The van der Waals surface area contributed by atoms with Crippen LogP contribution in [0.5, 0.6) is 0 Å². The zero-order valence-electron chi connectivity index (χ0n) is 11.1. The Bertz CT molecular complexity index is 338. The minimum atomic E-state index is -2.92. The molecule has 0 amide bonds. The summed E-state index contributed by atoms with van der Waals surface area (Å²) in [6.45, 7) is 4.25. The molecule has 0 saturated heterocycles. The largest absolute Gasteiger partial charge is 0.396 e. The molecule has 0 aliphatic heterocycles. The maximum absolute atomic E-state index is 11.6. The molecule has 0 heterocycles. The van der Waals surface area contributed by atoms with Crippen LogP contribution in [-0.2, 0) is 9.84 Å². The number of aliphatic hydroxyl groups excluding tert-OH is 1. The van der Waals surface area contributed by atoms with Crippen LogP contribution in [-0.4, -0.2) is 43.2 Å². The first-order chi connectivity index (χ1) is 7.74. The van der Waals surface area contributed by atoms with E-state index in [4.69, 9.17) is 5.11 Å². The summed E-state index contributed by atoms with van der Waals surface area (Å²) < 4.78 is 23.1. The second-order valence-corrected chi connectivity index (χ2v) is 8.14. The molecule has 1 saturated carbocycles. The Hall–Kier alpha value is -0.130. The van der Waals surface area contributed by atoms with Crippen molar-refractivity contribution in [2.45, 2.75) is 62.8 Å². The molecule has 4 nitrogen and oxygen atoms in total. The standard InChI is InChI=1S/C12H25NO3S/c1-12(2,7-8-14)13-10-5-4-6-11(9-10)17(3,15)16/h10-11,13-14H,4-9H2,1-3H3. The number of aliphatic hydroxyl groups is 1. The Balaban J connectivity index is 2.56. The highest BCUT2D eigenvalue weighted by atomic mass is 32.2. The number of nitrogens with one attached hydrogen (secondary N) is 1. The van der Waals surface area contributed by atoms with Gasteiger partial charge in [0.25, 0.3) is 0 Å². The molecule has 0 aromatic carbocycles. The van der Waals surface area contributed by atoms with Crippen LogP contribution in [0.3, 0.4) is 0 Å². The van der Waals surface area contributed by atoms with Gasteiger partial charge in [0.1, 0.15) is 9.84 Å². The fourth-order valence-electron chi connectivity index (χ4n) is 2.57. The molecule has 1 rings (SSSR count). The molecule has 0 aromatic heterocycles. The second kappa shape index (κ2) is 5.67. The number of rotatable bonds is 5. The van der Waals surface area contributed by atoms with E-state index in [0.717, 1.165) is 19.3 Å². The third kappa shape index (κ3) is 4.94. The quantitative estimate of drug-likeness (QED) is 0.779. The highest BCUT2D eigenvalue weighted by Crippen LogP contribution is 2.25. The SMILES string of the molecule is CC(C)(CCO)NC1CCCC(S(C)(=O)=O)C1. The summed E-state index contributed by atoms with van der Waals surface area (Å²) >= 11 is 0. The van der Waals surface area contributed by atoms with Crippen molar-refractivity contribution >= 4 is 9.84 Å². The molecule has 1 fully saturated rings. The lowest BCUT2D eigenvalue weighted by molar-refractivity contribution is 0.206. The molecule has 2 unspecified atom stereocenters. The smallest absolute Gasteiger partial charge is 0.150 e. The van der Waals surface area contributed by atoms with Gasteiger partial charge in [-0.3, -0.25) is 0 Å². The van der Waals surface area contributed by atoms with E-state index in [-0.39, 0.29) is 23.4 Å². The molecule has 5 heteroatoms. The molecule has 1 aliphatic rings. The van der Waals surface area contributed by atoms with Gasteiger partial charge in [-0.25, -0.2) is 8.42 Å². The van der Waals surface area contributed by atoms with Gasteiger partial charge in [0, 0.05) is 24.4 Å². The van der Waals surface area contributed by atoms with Gasteiger partial charge in [0.05, 0.1) is 5.25 Å². The van der Waals surface area contributed by atoms with Gasteiger partial charge < -0.3 is 10.4 Å². The van der Waals surface area contributed by atoms with E-state index < -0.39 is 9.84 Å². The minimum Gasteiger partial charge on any atom is -0.396 e. The first-order valence-corrected chi connectivity index (χ1v) is 8.27. The first kappa shape index (κ1) is 14.9. The van der Waals surface area contributed by atoms with Crippen molar-refractivity contribution in [2.24, 2.45) is 0 Å². The third-order valence-corrected chi connectivity index (χ3v) is 5.20. The van der Waals surface area contributed by atoms with Crippen LogP contribution in [0.25, 0.3) is 0 Å². The topological polar surface area (TPSA) is 66.4 Å². The summed E-state index contributed by atoms with van der Waals surface area (Å²) in [5, 5.41) is 12.3. The Labute approximate surface area is 105 Å². The van der Waals surface area contributed by atoms with Gasteiger partial charge in [-0.05, 0) is 39.5 Å². The molecule has 1 aliphatic carbocycles. The number of hydrogen-bond donors (Lipinski definition) is 2. The lowest BCUT2D eigenvalue weighted by Gasteiger charge is -2.36. The summed E-state index contributed by atoms with van der Waals surface area (Å²) in [6, 6.07) is 0.255. The van der Waals surface area contributed by atoms with Crippen LogP contribution in [0.15, 0.2) is 0 Å². The average molecular weight is 263 g/mol. The zero-order chi connectivity index (χ0) is 13.1. The normalized spacial score (nSPS) is 27.1. The van der Waals surface area contributed by atoms with Crippen molar-refractivity contribution < 1.29 is 13.5 Å². The lowest BCUT2D eigenvalue weighted by Crippen LogP contribution is -2.49. The van der Waals surface area contributed by atoms with Crippen molar-refractivity contribution in [3.63, 3.8) is 0 Å². The number of hydrogen-bond acceptors (Lipinski definition) is 4. The van der Waals surface area contributed by atoms with E-state index in [1.165, 1.54) is 6.26 Å². The predicted molar refractivity (Wildman–Crippen MR) is 69.8 cm³/mol. The lowest BCUT2D eigenvalue weighted by atomic mass is 9.91. The summed E-state index contributed by atoms with van der Waals surface area (Å²) in [5.74, 6) is 0. The molecule has 17 heavy (non-hydrogen) atoms. The zero-order valence-corrected chi connectivity index (χ0v) is 11.9. The maximum atomic E-state index is 11.6. The van der Waals surface area contributed by atoms with Crippen molar-refractivity contribution in [2.75, 3.05) is 12.9 Å². The van der Waals surface area contributed by atoms with Gasteiger partial charge in [-0.2, -0.15) is 0 Å². The Morgan fingerprint density at radius 1 is 1.35 bits per heavy atom. The Kier molecular flexibility index (Phi) is 4.98. The van der Waals surface area contributed by atoms with Crippen LogP contribution < -0.4 is 5.32 Å². The van der Waals surface area contributed by atoms with Crippen LogP contribution in [0, 0.1) is 0 Å². The van der Waals surface area contributed by atoms with E-state index in [0.29, 0.717) is 12.8 Å². The summed E-state index contributed by atoms with van der Waals surface area (Å²) in [6.07, 6.45) is 5.50. The van der Waals surface area contributed by atoms with Gasteiger partial charge in [-0.1, -0.05) is 6.42 Å². The van der Waals surface area contributed by atoms with E-state index in [1.54, 1.807) is 0 Å². The van der Waals surface area contributed by atoms with Crippen LogP contribution in [0.1, 0.15) is 46.0 Å². The maximum Gasteiger partial charge on any atom is 0.150 e. The minimum absolute atomic E-state index is 0.126. The van der Waals surface area contributed by atoms with Crippen molar-refractivity contribution in [3.8, 4) is 0 Å². The Morgan fingerprint density at radius 3 is 2.53 bits per heavy atom.